The third-order valence-electron chi connectivity index (χ3n) is 4.70. The summed E-state index contributed by atoms with van der Waals surface area (Å²) in [5.74, 6) is 0.310. The number of benzene rings is 3. The number of rotatable bonds is 7. The van der Waals surface area contributed by atoms with Gasteiger partial charge < -0.3 is 10.1 Å². The molecule has 0 saturated heterocycles. The van der Waals surface area contributed by atoms with E-state index in [0.29, 0.717) is 22.7 Å². The van der Waals surface area contributed by atoms with Crippen LogP contribution in [0.1, 0.15) is 40.9 Å². The molecule has 0 aliphatic rings. The molecule has 0 atom stereocenters. The van der Waals surface area contributed by atoms with Gasteiger partial charge in [-0.25, -0.2) is 8.42 Å². The number of anilines is 2. The largest absolute Gasteiger partial charge is 0.491 e. The average Bonchev–Trinajstić information content (AvgIpc) is 2.68. The summed E-state index contributed by atoms with van der Waals surface area (Å²) in [4.78, 5) is 12.8. The Kier molecular flexibility index (Phi) is 6.89. The Hall–Kier alpha value is -3.32. The van der Waals surface area contributed by atoms with Gasteiger partial charge in [-0.15, -0.1) is 0 Å². The van der Waals surface area contributed by atoms with Crippen molar-refractivity contribution in [2.75, 3.05) is 10.0 Å². The monoisotopic (exact) mass is 452 g/mol. The van der Waals surface area contributed by atoms with Crippen molar-refractivity contribution in [3.05, 3.63) is 82.9 Å². The van der Waals surface area contributed by atoms with Crippen molar-refractivity contribution in [2.24, 2.45) is 0 Å². The van der Waals surface area contributed by atoms with E-state index >= 15 is 0 Å². The lowest BCUT2D eigenvalue weighted by Gasteiger charge is -2.13. The second-order valence-electron chi connectivity index (χ2n) is 8.11. The van der Waals surface area contributed by atoms with E-state index in [2.05, 4.69) is 10.0 Å². The van der Waals surface area contributed by atoms with E-state index in [9.17, 15) is 13.2 Å². The van der Waals surface area contributed by atoms with Gasteiger partial charge in [0.2, 0.25) is 0 Å². The maximum atomic E-state index is 13.0. The Morgan fingerprint density at radius 1 is 0.844 bits per heavy atom. The molecule has 0 aromatic heterocycles. The molecule has 0 aliphatic carbocycles. The molecule has 7 heteroatoms. The zero-order valence-electron chi connectivity index (χ0n) is 18.9. The minimum absolute atomic E-state index is 0.0562. The summed E-state index contributed by atoms with van der Waals surface area (Å²) in [5, 5.41) is 2.79. The number of hydrogen-bond donors (Lipinski definition) is 2. The van der Waals surface area contributed by atoms with Crippen molar-refractivity contribution in [3.63, 3.8) is 0 Å². The van der Waals surface area contributed by atoms with E-state index in [0.717, 1.165) is 11.1 Å². The van der Waals surface area contributed by atoms with E-state index in [1.807, 2.05) is 33.8 Å². The lowest BCUT2D eigenvalue weighted by Crippen LogP contribution is -2.17. The topological polar surface area (TPSA) is 84.5 Å². The molecule has 0 unspecified atom stereocenters. The molecule has 0 heterocycles. The predicted molar refractivity (Wildman–Crippen MR) is 128 cm³/mol. The van der Waals surface area contributed by atoms with Crippen LogP contribution >= 0.6 is 0 Å². The fourth-order valence-electron chi connectivity index (χ4n) is 3.37. The summed E-state index contributed by atoms with van der Waals surface area (Å²) in [6.07, 6.45) is 0.0562. The normalized spacial score (nSPS) is 11.3. The Bertz CT molecular complexity index is 1210. The number of aryl methyl sites for hydroxylation is 3. The molecular weight excluding hydrogens is 424 g/mol. The maximum Gasteiger partial charge on any atom is 0.262 e. The second-order valence-corrected chi connectivity index (χ2v) is 9.76. The van der Waals surface area contributed by atoms with Crippen LogP contribution in [0.5, 0.6) is 5.75 Å². The minimum atomic E-state index is -3.87. The average molecular weight is 453 g/mol. The smallest absolute Gasteiger partial charge is 0.262 e. The highest BCUT2D eigenvalue weighted by atomic mass is 32.2. The Labute approximate surface area is 189 Å². The van der Waals surface area contributed by atoms with Gasteiger partial charge in [0.1, 0.15) is 5.75 Å². The SMILES string of the molecule is Cc1cc(C)cc(NS(=O)(=O)c2cc(C(=O)Nc3ccc(OC(C)C)cc3)ccc2C)c1. The lowest BCUT2D eigenvalue weighted by atomic mass is 10.1. The lowest BCUT2D eigenvalue weighted by molar-refractivity contribution is 0.102. The minimum Gasteiger partial charge on any atom is -0.491 e. The highest BCUT2D eigenvalue weighted by molar-refractivity contribution is 7.92. The summed E-state index contributed by atoms with van der Waals surface area (Å²) >= 11 is 0. The third kappa shape index (κ3) is 5.88. The quantitative estimate of drug-likeness (QED) is 0.499. The number of amides is 1. The standard InChI is InChI=1S/C25H28N2O4S/c1-16(2)31-23-10-8-21(9-11-23)26-25(28)20-7-6-19(5)24(15-20)32(29,30)27-22-13-17(3)12-18(4)14-22/h6-16,27H,1-5H3,(H,26,28). The van der Waals surface area contributed by atoms with Crippen molar-refractivity contribution >= 4 is 27.3 Å². The molecule has 6 nitrogen and oxygen atoms in total. The molecule has 3 aromatic rings. The van der Waals surface area contributed by atoms with Crippen LogP contribution in [-0.4, -0.2) is 20.4 Å². The van der Waals surface area contributed by atoms with Gasteiger partial charge >= 0.3 is 0 Å². The second kappa shape index (κ2) is 9.44. The molecule has 32 heavy (non-hydrogen) atoms. The zero-order chi connectivity index (χ0) is 23.5. The first-order valence-corrected chi connectivity index (χ1v) is 11.8. The molecule has 0 saturated carbocycles. The number of ether oxygens (including phenoxy) is 1. The summed E-state index contributed by atoms with van der Waals surface area (Å²) < 4.78 is 34.3. The summed E-state index contributed by atoms with van der Waals surface area (Å²) in [6, 6.07) is 17.2. The highest BCUT2D eigenvalue weighted by Crippen LogP contribution is 2.23. The van der Waals surface area contributed by atoms with Crippen LogP contribution in [0.25, 0.3) is 0 Å². The first-order chi connectivity index (χ1) is 15.0. The number of hydrogen-bond acceptors (Lipinski definition) is 4. The van der Waals surface area contributed by atoms with Crippen LogP contribution in [0.2, 0.25) is 0 Å². The number of carbonyl (C=O) groups is 1. The Morgan fingerprint density at radius 3 is 2.06 bits per heavy atom. The highest BCUT2D eigenvalue weighted by Gasteiger charge is 2.20. The van der Waals surface area contributed by atoms with Crippen molar-refractivity contribution in [1.29, 1.82) is 0 Å². The van der Waals surface area contributed by atoms with E-state index in [-0.39, 0.29) is 16.6 Å². The summed E-state index contributed by atoms with van der Waals surface area (Å²) in [7, 11) is -3.87. The number of sulfonamides is 1. The van der Waals surface area contributed by atoms with Crippen LogP contribution in [0.4, 0.5) is 11.4 Å². The van der Waals surface area contributed by atoms with Gasteiger partial charge in [0.05, 0.1) is 11.0 Å². The van der Waals surface area contributed by atoms with Crippen molar-refractivity contribution in [2.45, 2.75) is 45.6 Å². The van der Waals surface area contributed by atoms with Gasteiger partial charge in [0.15, 0.2) is 0 Å². The summed E-state index contributed by atoms with van der Waals surface area (Å²) in [5.41, 5.74) is 3.78. The van der Waals surface area contributed by atoms with Gasteiger partial charge in [-0.1, -0.05) is 12.1 Å². The van der Waals surface area contributed by atoms with Crippen LogP contribution in [0.15, 0.2) is 65.6 Å². The Balaban J connectivity index is 1.82. The van der Waals surface area contributed by atoms with E-state index in [1.165, 1.54) is 6.07 Å². The molecule has 1 amide bonds. The molecule has 0 spiro atoms. The van der Waals surface area contributed by atoms with Crippen molar-refractivity contribution in [1.82, 2.24) is 0 Å². The van der Waals surface area contributed by atoms with E-state index in [4.69, 9.17) is 4.74 Å². The summed E-state index contributed by atoms with van der Waals surface area (Å²) in [6.45, 7) is 9.39. The molecule has 2 N–H and O–H groups in total. The van der Waals surface area contributed by atoms with Gasteiger partial charge in [0.25, 0.3) is 15.9 Å². The number of carbonyl (C=O) groups excluding carboxylic acids is 1. The van der Waals surface area contributed by atoms with E-state index in [1.54, 1.807) is 55.5 Å². The molecule has 0 aliphatic heterocycles. The molecule has 0 radical (unpaired) electrons. The first kappa shape index (κ1) is 23.3. The molecule has 3 aromatic carbocycles. The van der Waals surface area contributed by atoms with Gasteiger partial charge in [-0.3, -0.25) is 9.52 Å². The third-order valence-corrected chi connectivity index (χ3v) is 6.22. The molecule has 3 rings (SSSR count). The van der Waals surface area contributed by atoms with Crippen LogP contribution in [-0.2, 0) is 10.0 Å². The van der Waals surface area contributed by atoms with Crippen molar-refractivity contribution in [3.8, 4) is 5.75 Å². The Morgan fingerprint density at radius 2 is 1.47 bits per heavy atom. The van der Waals surface area contributed by atoms with E-state index < -0.39 is 15.9 Å². The molecule has 0 fully saturated rings. The predicted octanol–water partition coefficient (Wildman–Crippen LogP) is 5.45. The fourth-order valence-corrected chi connectivity index (χ4v) is 4.68. The maximum absolute atomic E-state index is 13.0. The molecule has 0 bridgehead atoms. The molecular formula is C25H28N2O4S. The van der Waals surface area contributed by atoms with Crippen LogP contribution < -0.4 is 14.8 Å². The number of nitrogens with one attached hydrogen (secondary N) is 2. The van der Waals surface area contributed by atoms with Crippen molar-refractivity contribution < 1.29 is 17.9 Å². The van der Waals surface area contributed by atoms with Gasteiger partial charge in [-0.2, -0.15) is 0 Å². The first-order valence-electron chi connectivity index (χ1n) is 10.3. The van der Waals surface area contributed by atoms with Crippen LogP contribution in [0.3, 0.4) is 0 Å². The van der Waals surface area contributed by atoms with Gasteiger partial charge in [0, 0.05) is 16.9 Å². The van der Waals surface area contributed by atoms with Crippen LogP contribution in [0, 0.1) is 20.8 Å². The van der Waals surface area contributed by atoms with Gasteiger partial charge in [-0.05, 0) is 99.8 Å². The fraction of sp³-hybridized carbons (Fsp3) is 0.240. The zero-order valence-corrected chi connectivity index (χ0v) is 19.7. The molecule has 168 valence electrons.